The Hall–Kier alpha value is -2.93. The lowest BCUT2D eigenvalue weighted by atomic mass is 9.88. The number of ether oxygens (including phenoxy) is 5. The first-order chi connectivity index (χ1) is 13.6. The third-order valence-electron chi connectivity index (χ3n) is 4.91. The van der Waals surface area contributed by atoms with Gasteiger partial charge in [-0.1, -0.05) is 0 Å². The Kier molecular flexibility index (Phi) is 5.94. The minimum absolute atomic E-state index is 0.0903. The van der Waals surface area contributed by atoms with Crippen LogP contribution in [0.2, 0.25) is 0 Å². The summed E-state index contributed by atoms with van der Waals surface area (Å²) in [6, 6.07) is 6.62. The van der Waals surface area contributed by atoms with Crippen LogP contribution in [-0.2, 0) is 6.42 Å². The van der Waals surface area contributed by atoms with Gasteiger partial charge >= 0.3 is 0 Å². The van der Waals surface area contributed by atoms with Crippen molar-refractivity contribution >= 4 is 5.78 Å². The number of hydrogen-bond acceptors (Lipinski definition) is 7. The maximum absolute atomic E-state index is 13.4. The second-order valence-electron chi connectivity index (χ2n) is 6.32. The second-order valence-corrected chi connectivity index (χ2v) is 6.32. The molecule has 0 bridgehead atoms. The SMILES string of the molecule is COc1cc2c(cc1OC)C(C(=O)c1cc(OC)c(OC)c(OC)c1)NCC2. The van der Waals surface area contributed by atoms with Crippen LogP contribution in [0.1, 0.15) is 27.5 Å². The molecule has 7 heteroatoms. The Morgan fingerprint density at radius 1 is 0.821 bits per heavy atom. The second kappa shape index (κ2) is 8.39. The Labute approximate surface area is 164 Å². The predicted molar refractivity (Wildman–Crippen MR) is 104 cm³/mol. The zero-order valence-corrected chi connectivity index (χ0v) is 16.8. The van der Waals surface area contributed by atoms with Crippen LogP contribution in [0.3, 0.4) is 0 Å². The summed E-state index contributed by atoms with van der Waals surface area (Å²) >= 11 is 0. The largest absolute Gasteiger partial charge is 0.493 e. The van der Waals surface area contributed by atoms with E-state index in [1.165, 1.54) is 21.3 Å². The molecule has 7 nitrogen and oxygen atoms in total. The standard InChI is InChI=1S/C21H25NO6/c1-24-15-8-12-6-7-22-19(14(12)11-16(15)25-2)20(23)13-9-17(26-3)21(28-5)18(10-13)27-4/h8-11,19,22H,6-7H2,1-5H3. The summed E-state index contributed by atoms with van der Waals surface area (Å²) in [5.41, 5.74) is 2.40. The molecule has 1 aliphatic heterocycles. The molecule has 2 aromatic rings. The zero-order chi connectivity index (χ0) is 20.3. The average Bonchev–Trinajstić information content (AvgIpc) is 2.75. The van der Waals surface area contributed by atoms with Crippen LogP contribution in [0.25, 0.3) is 0 Å². The van der Waals surface area contributed by atoms with Crippen LogP contribution < -0.4 is 29.0 Å². The molecule has 28 heavy (non-hydrogen) atoms. The number of ketones is 1. The lowest BCUT2D eigenvalue weighted by Gasteiger charge is -2.27. The van der Waals surface area contributed by atoms with Crippen LogP contribution in [0.4, 0.5) is 0 Å². The summed E-state index contributed by atoms with van der Waals surface area (Å²) in [5, 5.41) is 3.31. The van der Waals surface area contributed by atoms with Crippen molar-refractivity contribution in [2.45, 2.75) is 12.5 Å². The summed E-state index contributed by atoms with van der Waals surface area (Å²) < 4.78 is 26.9. The lowest BCUT2D eigenvalue weighted by Crippen LogP contribution is -2.35. The normalized spacial score (nSPS) is 15.4. The highest BCUT2D eigenvalue weighted by atomic mass is 16.5. The molecular weight excluding hydrogens is 362 g/mol. The van der Waals surface area contributed by atoms with Gasteiger partial charge in [0.2, 0.25) is 5.75 Å². The van der Waals surface area contributed by atoms with Gasteiger partial charge in [0, 0.05) is 12.1 Å². The van der Waals surface area contributed by atoms with Gasteiger partial charge in [-0.3, -0.25) is 4.79 Å². The van der Waals surface area contributed by atoms with Crippen molar-refractivity contribution in [2.75, 3.05) is 42.1 Å². The fourth-order valence-electron chi connectivity index (χ4n) is 3.51. The molecule has 0 saturated heterocycles. The van der Waals surface area contributed by atoms with E-state index in [4.69, 9.17) is 23.7 Å². The number of hydrogen-bond donors (Lipinski definition) is 1. The number of fused-ring (bicyclic) bond motifs is 1. The number of nitrogens with one attached hydrogen (secondary N) is 1. The minimum Gasteiger partial charge on any atom is -0.493 e. The molecule has 0 saturated carbocycles. The topological polar surface area (TPSA) is 75.3 Å². The molecule has 1 heterocycles. The molecule has 0 spiro atoms. The van der Waals surface area contributed by atoms with Crippen molar-refractivity contribution in [3.05, 3.63) is 41.0 Å². The number of carbonyl (C=O) groups excluding carboxylic acids is 1. The van der Waals surface area contributed by atoms with Crippen LogP contribution >= 0.6 is 0 Å². The Bertz CT molecular complexity index is 854. The molecule has 1 unspecified atom stereocenters. The third kappa shape index (κ3) is 3.45. The smallest absolute Gasteiger partial charge is 0.203 e. The van der Waals surface area contributed by atoms with E-state index in [-0.39, 0.29) is 5.78 Å². The maximum atomic E-state index is 13.4. The molecule has 0 aliphatic carbocycles. The van der Waals surface area contributed by atoms with E-state index in [2.05, 4.69) is 5.32 Å². The third-order valence-corrected chi connectivity index (χ3v) is 4.91. The maximum Gasteiger partial charge on any atom is 0.203 e. The Morgan fingerprint density at radius 2 is 1.39 bits per heavy atom. The number of benzene rings is 2. The van der Waals surface area contributed by atoms with Crippen molar-refractivity contribution in [3.8, 4) is 28.7 Å². The highest BCUT2D eigenvalue weighted by molar-refractivity contribution is 6.02. The Morgan fingerprint density at radius 3 is 1.93 bits per heavy atom. The predicted octanol–water partition coefficient (Wildman–Crippen LogP) is 2.80. The molecular formula is C21H25NO6. The molecule has 1 N–H and O–H groups in total. The van der Waals surface area contributed by atoms with Gasteiger partial charge in [0.1, 0.15) is 0 Å². The molecule has 0 aromatic heterocycles. The van der Waals surface area contributed by atoms with E-state index >= 15 is 0 Å². The van der Waals surface area contributed by atoms with E-state index in [0.717, 1.165) is 17.5 Å². The Balaban J connectivity index is 2.05. The van der Waals surface area contributed by atoms with Crippen LogP contribution in [0, 0.1) is 0 Å². The van der Waals surface area contributed by atoms with Crippen LogP contribution in [0.15, 0.2) is 24.3 Å². The van der Waals surface area contributed by atoms with Gasteiger partial charge in [0.15, 0.2) is 28.8 Å². The molecule has 1 atom stereocenters. The molecule has 3 rings (SSSR count). The average molecular weight is 387 g/mol. The van der Waals surface area contributed by atoms with Crippen molar-refractivity contribution in [1.82, 2.24) is 5.32 Å². The molecule has 150 valence electrons. The van der Waals surface area contributed by atoms with Gasteiger partial charge in [-0.05, 0) is 41.8 Å². The van der Waals surface area contributed by atoms with Gasteiger partial charge in [0.05, 0.1) is 41.6 Å². The summed E-state index contributed by atoms with van der Waals surface area (Å²) in [6.07, 6.45) is 0.800. The van der Waals surface area contributed by atoms with E-state index in [0.29, 0.717) is 40.9 Å². The molecule has 0 fully saturated rings. The summed E-state index contributed by atoms with van der Waals surface area (Å²) in [6.45, 7) is 0.684. The molecule has 0 amide bonds. The summed E-state index contributed by atoms with van der Waals surface area (Å²) in [7, 11) is 7.76. The van der Waals surface area contributed by atoms with E-state index in [1.807, 2.05) is 12.1 Å². The number of Topliss-reactive ketones (excluding diaryl/α,β-unsaturated/α-hetero) is 1. The minimum atomic E-state index is -0.508. The number of rotatable bonds is 7. The molecule has 1 aliphatic rings. The fourth-order valence-corrected chi connectivity index (χ4v) is 3.51. The van der Waals surface area contributed by atoms with E-state index in [9.17, 15) is 4.79 Å². The van der Waals surface area contributed by atoms with E-state index < -0.39 is 6.04 Å². The van der Waals surface area contributed by atoms with Gasteiger partial charge in [-0.2, -0.15) is 0 Å². The number of methoxy groups -OCH3 is 5. The first kappa shape index (κ1) is 19.8. The van der Waals surface area contributed by atoms with E-state index in [1.54, 1.807) is 26.4 Å². The molecule has 0 radical (unpaired) electrons. The van der Waals surface area contributed by atoms with Crippen molar-refractivity contribution in [3.63, 3.8) is 0 Å². The number of carbonyl (C=O) groups is 1. The van der Waals surface area contributed by atoms with Gasteiger partial charge in [-0.25, -0.2) is 0 Å². The van der Waals surface area contributed by atoms with Gasteiger partial charge < -0.3 is 29.0 Å². The van der Waals surface area contributed by atoms with Gasteiger partial charge in [0.25, 0.3) is 0 Å². The lowest BCUT2D eigenvalue weighted by molar-refractivity contribution is 0.0938. The van der Waals surface area contributed by atoms with Crippen molar-refractivity contribution < 1.29 is 28.5 Å². The quantitative estimate of drug-likeness (QED) is 0.732. The van der Waals surface area contributed by atoms with Gasteiger partial charge in [-0.15, -0.1) is 0 Å². The highest BCUT2D eigenvalue weighted by Crippen LogP contribution is 2.40. The first-order valence-electron chi connectivity index (χ1n) is 8.90. The van der Waals surface area contributed by atoms with Crippen LogP contribution in [-0.4, -0.2) is 47.9 Å². The fraction of sp³-hybridized carbons (Fsp3) is 0.381. The summed E-state index contributed by atoms with van der Waals surface area (Å²) in [5.74, 6) is 2.48. The monoisotopic (exact) mass is 387 g/mol. The summed E-state index contributed by atoms with van der Waals surface area (Å²) in [4.78, 5) is 13.4. The highest BCUT2D eigenvalue weighted by Gasteiger charge is 2.30. The van der Waals surface area contributed by atoms with Crippen molar-refractivity contribution in [1.29, 1.82) is 0 Å². The molecule has 2 aromatic carbocycles. The zero-order valence-electron chi connectivity index (χ0n) is 16.8. The first-order valence-corrected chi connectivity index (χ1v) is 8.90. The van der Waals surface area contributed by atoms with Crippen molar-refractivity contribution in [2.24, 2.45) is 0 Å². The van der Waals surface area contributed by atoms with Crippen LogP contribution in [0.5, 0.6) is 28.7 Å².